The molecule has 1 fully saturated rings. The summed E-state index contributed by atoms with van der Waals surface area (Å²) in [5, 5.41) is 2.08. The summed E-state index contributed by atoms with van der Waals surface area (Å²) in [4.78, 5) is 5.40. The zero-order chi connectivity index (χ0) is 8.10. The van der Waals surface area contributed by atoms with Crippen molar-refractivity contribution in [2.24, 2.45) is 5.73 Å². The van der Waals surface area contributed by atoms with Crippen LogP contribution in [0.25, 0.3) is 0 Å². The Morgan fingerprint density at radius 2 is 2.45 bits per heavy atom. The second-order valence-electron chi connectivity index (χ2n) is 3.11. The quantitative estimate of drug-likeness (QED) is 0.656. The van der Waals surface area contributed by atoms with Crippen molar-refractivity contribution in [2.45, 2.75) is 32.2 Å². The van der Waals surface area contributed by atoms with Crippen molar-refractivity contribution in [3.05, 3.63) is 0 Å². The van der Waals surface area contributed by atoms with Gasteiger partial charge in [0.1, 0.15) is 0 Å². The van der Waals surface area contributed by atoms with Crippen LogP contribution in [-0.2, 0) is 4.84 Å². The Labute approximate surface area is 68.5 Å². The van der Waals surface area contributed by atoms with E-state index in [1.807, 2.05) is 0 Å². The van der Waals surface area contributed by atoms with E-state index in [9.17, 15) is 0 Å². The molecule has 0 saturated carbocycles. The number of nitrogens with zero attached hydrogens (tertiary/aromatic N) is 1. The number of hydrogen-bond donors (Lipinski definition) is 1. The fourth-order valence-electron chi connectivity index (χ4n) is 1.37. The van der Waals surface area contributed by atoms with Crippen molar-refractivity contribution in [3.8, 4) is 0 Å². The molecule has 0 aromatic carbocycles. The van der Waals surface area contributed by atoms with Gasteiger partial charge >= 0.3 is 0 Å². The van der Waals surface area contributed by atoms with E-state index in [0.717, 1.165) is 32.5 Å². The van der Waals surface area contributed by atoms with E-state index < -0.39 is 0 Å². The van der Waals surface area contributed by atoms with Gasteiger partial charge in [0.25, 0.3) is 0 Å². The van der Waals surface area contributed by atoms with Gasteiger partial charge in [0.15, 0.2) is 0 Å². The molecule has 11 heavy (non-hydrogen) atoms. The lowest BCUT2D eigenvalue weighted by atomic mass is 10.2. The third kappa shape index (κ3) is 2.77. The Hall–Kier alpha value is -0.120. The van der Waals surface area contributed by atoms with Gasteiger partial charge in [-0.2, -0.15) is 5.06 Å². The Morgan fingerprint density at radius 3 is 3.00 bits per heavy atom. The number of rotatable bonds is 4. The topological polar surface area (TPSA) is 38.5 Å². The van der Waals surface area contributed by atoms with Gasteiger partial charge in [-0.3, -0.25) is 4.84 Å². The maximum absolute atomic E-state index is 5.42. The summed E-state index contributed by atoms with van der Waals surface area (Å²) in [6.07, 6.45) is 3.42. The van der Waals surface area contributed by atoms with Crippen LogP contribution < -0.4 is 5.73 Å². The highest BCUT2D eigenvalue weighted by Crippen LogP contribution is 2.12. The van der Waals surface area contributed by atoms with Crippen LogP contribution in [0.4, 0.5) is 0 Å². The molecule has 0 aliphatic carbocycles. The fourth-order valence-corrected chi connectivity index (χ4v) is 1.37. The number of nitrogens with two attached hydrogens (primary N) is 1. The Morgan fingerprint density at radius 1 is 1.64 bits per heavy atom. The minimum atomic E-state index is 0.543. The molecule has 1 aliphatic rings. The summed E-state index contributed by atoms with van der Waals surface area (Å²) < 4.78 is 0. The first kappa shape index (κ1) is 8.97. The molecule has 0 bridgehead atoms. The minimum Gasteiger partial charge on any atom is -0.330 e. The summed E-state index contributed by atoms with van der Waals surface area (Å²) in [5.74, 6) is 0. The largest absolute Gasteiger partial charge is 0.330 e. The number of hydrogen-bond acceptors (Lipinski definition) is 3. The first-order chi connectivity index (χ1) is 5.34. The Bertz CT molecular complexity index is 102. The normalized spacial score (nSPS) is 22.4. The zero-order valence-electron chi connectivity index (χ0n) is 7.25. The molecule has 1 aliphatic heterocycles. The van der Waals surface area contributed by atoms with Crippen LogP contribution in [0, 0.1) is 0 Å². The molecule has 1 atom stereocenters. The summed E-state index contributed by atoms with van der Waals surface area (Å²) in [6, 6.07) is 0.543. The van der Waals surface area contributed by atoms with Crippen LogP contribution in [-0.4, -0.2) is 30.8 Å². The standard InChI is InChI=1S/C8H18N2O/c1-8(4-2-5-9)10-6-3-7-11-10/h8H,2-7,9H2,1H3. The first-order valence-corrected chi connectivity index (χ1v) is 4.44. The summed E-state index contributed by atoms with van der Waals surface area (Å²) in [5.41, 5.74) is 5.42. The van der Waals surface area contributed by atoms with Crippen molar-refractivity contribution >= 4 is 0 Å². The highest BCUT2D eigenvalue weighted by Gasteiger charge is 2.18. The second kappa shape index (κ2) is 4.70. The van der Waals surface area contributed by atoms with E-state index in [0.29, 0.717) is 6.04 Å². The van der Waals surface area contributed by atoms with E-state index >= 15 is 0 Å². The van der Waals surface area contributed by atoms with Crippen LogP contribution in [0.1, 0.15) is 26.2 Å². The lowest BCUT2D eigenvalue weighted by molar-refractivity contribution is -0.138. The van der Waals surface area contributed by atoms with Crippen LogP contribution in [0.2, 0.25) is 0 Å². The summed E-state index contributed by atoms with van der Waals surface area (Å²) >= 11 is 0. The van der Waals surface area contributed by atoms with Gasteiger partial charge in [-0.15, -0.1) is 0 Å². The maximum Gasteiger partial charge on any atom is 0.0698 e. The van der Waals surface area contributed by atoms with Crippen molar-refractivity contribution in [2.75, 3.05) is 19.7 Å². The van der Waals surface area contributed by atoms with Crippen LogP contribution in [0.3, 0.4) is 0 Å². The van der Waals surface area contributed by atoms with Gasteiger partial charge in [-0.1, -0.05) is 0 Å². The zero-order valence-corrected chi connectivity index (χ0v) is 7.25. The fraction of sp³-hybridized carbons (Fsp3) is 1.00. The molecule has 0 spiro atoms. The van der Waals surface area contributed by atoms with Crippen LogP contribution >= 0.6 is 0 Å². The van der Waals surface area contributed by atoms with Crippen LogP contribution in [0.5, 0.6) is 0 Å². The predicted molar refractivity (Wildman–Crippen MR) is 45.0 cm³/mol. The second-order valence-corrected chi connectivity index (χ2v) is 3.11. The Balaban J connectivity index is 2.12. The molecule has 3 nitrogen and oxygen atoms in total. The van der Waals surface area contributed by atoms with Gasteiger partial charge in [-0.05, 0) is 32.7 Å². The molecule has 0 radical (unpaired) electrons. The van der Waals surface area contributed by atoms with Gasteiger partial charge in [0.05, 0.1) is 6.61 Å². The highest BCUT2D eigenvalue weighted by atomic mass is 16.7. The predicted octanol–water partition coefficient (Wildman–Crippen LogP) is 0.751. The van der Waals surface area contributed by atoms with Crippen molar-refractivity contribution in [1.82, 2.24) is 5.06 Å². The Kier molecular flexibility index (Phi) is 3.83. The summed E-state index contributed by atoms with van der Waals surface area (Å²) in [6.45, 7) is 4.97. The molecular formula is C8H18N2O. The monoisotopic (exact) mass is 158 g/mol. The molecule has 2 N–H and O–H groups in total. The third-order valence-corrected chi connectivity index (χ3v) is 2.10. The maximum atomic E-state index is 5.42. The molecule has 1 unspecified atom stereocenters. The van der Waals surface area contributed by atoms with Crippen LogP contribution in [0.15, 0.2) is 0 Å². The van der Waals surface area contributed by atoms with Gasteiger partial charge in [0, 0.05) is 12.6 Å². The molecule has 0 aromatic heterocycles. The van der Waals surface area contributed by atoms with Crippen molar-refractivity contribution in [3.63, 3.8) is 0 Å². The van der Waals surface area contributed by atoms with E-state index in [4.69, 9.17) is 10.6 Å². The van der Waals surface area contributed by atoms with E-state index in [-0.39, 0.29) is 0 Å². The molecular weight excluding hydrogens is 140 g/mol. The van der Waals surface area contributed by atoms with Crippen molar-refractivity contribution in [1.29, 1.82) is 0 Å². The summed E-state index contributed by atoms with van der Waals surface area (Å²) in [7, 11) is 0. The molecule has 66 valence electrons. The molecule has 3 heteroatoms. The molecule has 1 saturated heterocycles. The lowest BCUT2D eigenvalue weighted by Gasteiger charge is -2.21. The third-order valence-electron chi connectivity index (χ3n) is 2.10. The molecule has 1 rings (SSSR count). The highest BCUT2D eigenvalue weighted by molar-refractivity contribution is 4.63. The van der Waals surface area contributed by atoms with Gasteiger partial charge < -0.3 is 5.73 Å². The van der Waals surface area contributed by atoms with Gasteiger partial charge in [-0.25, -0.2) is 0 Å². The SMILES string of the molecule is CC(CCCN)N1CCCO1. The van der Waals surface area contributed by atoms with E-state index in [2.05, 4.69) is 12.0 Å². The molecule has 1 heterocycles. The van der Waals surface area contributed by atoms with Gasteiger partial charge in [0.2, 0.25) is 0 Å². The average molecular weight is 158 g/mol. The smallest absolute Gasteiger partial charge is 0.0698 e. The number of hydroxylamine groups is 2. The van der Waals surface area contributed by atoms with E-state index in [1.54, 1.807) is 0 Å². The van der Waals surface area contributed by atoms with Crippen molar-refractivity contribution < 1.29 is 4.84 Å². The first-order valence-electron chi connectivity index (χ1n) is 4.44. The average Bonchev–Trinajstić information content (AvgIpc) is 2.52. The molecule has 0 aromatic rings. The molecule has 0 amide bonds. The minimum absolute atomic E-state index is 0.543. The lowest BCUT2D eigenvalue weighted by Crippen LogP contribution is -2.29. The van der Waals surface area contributed by atoms with E-state index in [1.165, 1.54) is 6.42 Å².